The molecular formula is CH4BN4+. The van der Waals surface area contributed by atoms with E-state index in [-0.39, 0.29) is 7.49 Å². The van der Waals surface area contributed by atoms with Crippen LogP contribution in [0.15, 0.2) is 20.7 Å². The molecule has 0 aromatic heterocycles. The summed E-state index contributed by atoms with van der Waals surface area (Å²) in [5, 5.41) is 13.6. The van der Waals surface area contributed by atoms with Crippen molar-refractivity contribution in [1.82, 2.24) is 0 Å². The van der Waals surface area contributed by atoms with Crippen molar-refractivity contribution in [3.8, 4) is 0 Å². The molecule has 0 spiro atoms. The van der Waals surface area contributed by atoms with Gasteiger partial charge < -0.3 is 0 Å². The zero-order chi connectivity index (χ0) is 4.41. The Morgan fingerprint density at radius 2 is 1.83 bits per heavy atom. The first kappa shape index (κ1) is 3.45. The summed E-state index contributed by atoms with van der Waals surface area (Å²) in [7, 11) is 1.82. The van der Waals surface area contributed by atoms with E-state index in [4.69, 9.17) is 0 Å². The quantitative estimate of drug-likeness (QED) is 0.365. The lowest BCUT2D eigenvalue weighted by molar-refractivity contribution is 0.953. The summed E-state index contributed by atoms with van der Waals surface area (Å²) in [6.45, 7) is 0. The third-order valence-corrected chi connectivity index (χ3v) is 0.477. The van der Waals surface area contributed by atoms with Crippen molar-refractivity contribution in [2.24, 2.45) is 20.7 Å². The van der Waals surface area contributed by atoms with Gasteiger partial charge in [-0.2, -0.15) is 0 Å². The molecule has 6 heavy (non-hydrogen) atoms. The minimum absolute atomic E-state index is 0. The van der Waals surface area contributed by atoms with Crippen LogP contribution in [0.1, 0.15) is 1.43 Å². The average Bonchev–Trinajstić information content (AvgIpc) is 1.86. The van der Waals surface area contributed by atoms with Crippen molar-refractivity contribution >= 4 is 7.85 Å². The van der Waals surface area contributed by atoms with Crippen LogP contribution in [0.25, 0.3) is 0 Å². The Balaban J connectivity index is 0.000000360. The molecule has 0 atom stereocenters. The summed E-state index contributed by atoms with van der Waals surface area (Å²) in [5.74, 6) is 0. The fourth-order valence-corrected chi connectivity index (χ4v) is 0.219. The number of rotatable bonds is 0. The van der Waals surface area contributed by atoms with Crippen molar-refractivity contribution < 1.29 is 1.43 Å². The van der Waals surface area contributed by atoms with Crippen molar-refractivity contribution in [3.05, 3.63) is 0 Å². The minimum Gasteiger partial charge on any atom is -0.148 e. The molecule has 0 radical (unpaired) electrons. The van der Waals surface area contributed by atoms with E-state index in [1.807, 2.05) is 7.85 Å². The van der Waals surface area contributed by atoms with Gasteiger partial charge in [-0.15, -0.1) is 10.2 Å². The Morgan fingerprint density at radius 1 is 1.33 bits per heavy atom. The number of hydrogen-bond acceptors (Lipinski definition) is 4. The van der Waals surface area contributed by atoms with Gasteiger partial charge in [-0.1, -0.05) is 0 Å². The minimum atomic E-state index is -0.0370. The molecule has 0 fully saturated rings. The third-order valence-electron chi connectivity index (χ3n) is 0.477. The summed E-state index contributed by atoms with van der Waals surface area (Å²) < 4.78 is 0. The Morgan fingerprint density at radius 3 is 2.00 bits per heavy atom. The molecule has 5 heteroatoms. The maximum atomic E-state index is 3.53. The van der Waals surface area contributed by atoms with E-state index in [0.29, 0.717) is 0 Å². The topological polar surface area (TPSA) is 49.4 Å². The summed E-state index contributed by atoms with van der Waals surface area (Å²) in [5.41, 5.74) is 0. The first-order valence-electron chi connectivity index (χ1n) is 1.69. The van der Waals surface area contributed by atoms with Gasteiger partial charge in [-0.05, 0) is 10.4 Å². The zero-order valence-corrected chi connectivity index (χ0v) is 3.37. The number of nitrogens with zero attached hydrogens (tertiary/aromatic N) is 4. The van der Waals surface area contributed by atoms with Crippen LogP contribution in [0.2, 0.25) is 0 Å². The molecule has 0 aromatic rings. The fourth-order valence-electron chi connectivity index (χ4n) is 0.219. The first-order valence-corrected chi connectivity index (χ1v) is 1.69. The second-order valence-corrected chi connectivity index (χ2v) is 1.04. The van der Waals surface area contributed by atoms with Crippen molar-refractivity contribution in [1.29, 1.82) is 0 Å². The number of hydrogen-bond donors (Lipinski definition) is 0. The van der Waals surface area contributed by atoms with Crippen LogP contribution in [-0.4, -0.2) is 13.9 Å². The Hall–Kier alpha value is -0.735. The molecule has 0 N–H and O–H groups in total. The smallest absolute Gasteiger partial charge is 0.148 e. The van der Waals surface area contributed by atoms with E-state index in [0.717, 1.165) is 0 Å². The van der Waals surface area contributed by atoms with Crippen molar-refractivity contribution in [2.75, 3.05) is 0 Å². The van der Waals surface area contributed by atoms with Gasteiger partial charge in [0, 0.05) is 0 Å². The van der Waals surface area contributed by atoms with Crippen LogP contribution in [0.3, 0.4) is 0 Å². The molecule has 1 aliphatic heterocycles. The van der Waals surface area contributed by atoms with Crippen LogP contribution in [-0.2, 0) is 0 Å². The molecule has 0 saturated carbocycles. The molecule has 0 saturated heterocycles. The van der Waals surface area contributed by atoms with E-state index < -0.39 is 0 Å². The molecule has 1 heterocycles. The Bertz CT molecular complexity index is 87.9. The lowest BCUT2D eigenvalue weighted by atomic mass is 10.1. The molecule has 0 aromatic carbocycles. The van der Waals surface area contributed by atoms with Gasteiger partial charge in [-0.25, -0.2) is 0 Å². The third kappa shape index (κ3) is 0.427. The molecule has 1 aliphatic rings. The summed E-state index contributed by atoms with van der Waals surface area (Å²) >= 11 is 0. The monoisotopic (exact) mass is 83.1 g/mol. The predicted octanol–water partition coefficient (Wildman–Crippen LogP) is -0.151. The van der Waals surface area contributed by atoms with Gasteiger partial charge >= 0.3 is 1.43 Å². The SMILES string of the molecule is BC1N=NN=N1.[H+]. The van der Waals surface area contributed by atoms with Gasteiger partial charge in [0.15, 0.2) is 7.85 Å². The second-order valence-electron chi connectivity index (χ2n) is 1.04. The van der Waals surface area contributed by atoms with Crippen LogP contribution >= 0.6 is 0 Å². The standard InChI is InChI=1S/CH3BN4/c2-1-3-5-6-4-1/h1H,2H2/p+1. The van der Waals surface area contributed by atoms with E-state index in [9.17, 15) is 0 Å². The maximum absolute atomic E-state index is 3.53. The highest BCUT2D eigenvalue weighted by molar-refractivity contribution is 6.11. The molecule has 1 rings (SSSR count). The van der Waals surface area contributed by atoms with Crippen LogP contribution < -0.4 is 0 Å². The highest BCUT2D eigenvalue weighted by Crippen LogP contribution is 1.97. The van der Waals surface area contributed by atoms with Crippen molar-refractivity contribution in [3.63, 3.8) is 0 Å². The van der Waals surface area contributed by atoms with Gasteiger partial charge in [0.05, 0.1) is 0 Å². The Labute approximate surface area is 37.2 Å². The van der Waals surface area contributed by atoms with E-state index in [1.54, 1.807) is 0 Å². The highest BCUT2D eigenvalue weighted by atomic mass is 15.5. The van der Waals surface area contributed by atoms with Crippen LogP contribution in [0.5, 0.6) is 0 Å². The molecule has 0 unspecified atom stereocenters. The average molecular weight is 82.9 g/mol. The predicted molar refractivity (Wildman–Crippen MR) is 23.2 cm³/mol. The van der Waals surface area contributed by atoms with Gasteiger partial charge in [0.2, 0.25) is 0 Å². The maximum Gasteiger partial charge on any atom is 1.00 e. The summed E-state index contributed by atoms with van der Waals surface area (Å²) in [6, 6.07) is -0.0370. The molecule has 0 aliphatic carbocycles. The molecule has 30 valence electrons. The first-order chi connectivity index (χ1) is 2.89. The normalized spacial score (nSPS) is 20.0. The second kappa shape index (κ2) is 1.16. The van der Waals surface area contributed by atoms with Crippen molar-refractivity contribution in [2.45, 2.75) is 6.07 Å². The zero-order valence-electron chi connectivity index (χ0n) is 4.37. The lowest BCUT2D eigenvalue weighted by Gasteiger charge is -1.76. The largest absolute Gasteiger partial charge is 1.00 e. The van der Waals surface area contributed by atoms with Gasteiger partial charge in [0.25, 0.3) is 0 Å². The molecular weight excluding hydrogens is 78.9 g/mol. The molecule has 0 amide bonds. The van der Waals surface area contributed by atoms with Gasteiger partial charge in [-0.3, -0.25) is 0 Å². The Kier molecular flexibility index (Phi) is 0.667. The highest BCUT2D eigenvalue weighted by Gasteiger charge is 1.96. The van der Waals surface area contributed by atoms with Crippen LogP contribution in [0, 0.1) is 0 Å². The van der Waals surface area contributed by atoms with E-state index in [1.165, 1.54) is 0 Å². The summed E-state index contributed by atoms with van der Waals surface area (Å²) in [4.78, 5) is 0. The molecule has 4 nitrogen and oxygen atoms in total. The lowest BCUT2D eigenvalue weighted by Crippen LogP contribution is -1.90. The molecule has 0 bridgehead atoms. The fraction of sp³-hybridized carbons (Fsp3) is 1.00. The van der Waals surface area contributed by atoms with E-state index >= 15 is 0 Å². The van der Waals surface area contributed by atoms with E-state index in [2.05, 4.69) is 20.7 Å². The van der Waals surface area contributed by atoms with Gasteiger partial charge in [0.1, 0.15) is 6.07 Å². The van der Waals surface area contributed by atoms with Crippen LogP contribution in [0.4, 0.5) is 0 Å². The summed E-state index contributed by atoms with van der Waals surface area (Å²) in [6.07, 6.45) is 0.